The van der Waals surface area contributed by atoms with Crippen molar-refractivity contribution in [3.05, 3.63) is 51.7 Å². The van der Waals surface area contributed by atoms with Crippen LogP contribution in [-0.2, 0) is 13.0 Å². The van der Waals surface area contributed by atoms with Crippen LogP contribution in [0.25, 0.3) is 0 Å². The molecular formula is C12H13FN2S. The van der Waals surface area contributed by atoms with Gasteiger partial charge < -0.3 is 5.32 Å². The fourth-order valence-electron chi connectivity index (χ4n) is 1.51. The molecule has 0 aliphatic rings. The third kappa shape index (κ3) is 2.87. The SMILES string of the molecule is CNCc1csc(Cc2cccc(F)c2)n1. The molecule has 0 unspecified atom stereocenters. The van der Waals surface area contributed by atoms with Gasteiger partial charge in [-0.25, -0.2) is 9.37 Å². The molecule has 0 fully saturated rings. The van der Waals surface area contributed by atoms with Gasteiger partial charge in [0, 0.05) is 18.3 Å². The highest BCUT2D eigenvalue weighted by Gasteiger charge is 2.03. The Morgan fingerprint density at radius 3 is 3.06 bits per heavy atom. The standard InChI is InChI=1S/C12H13FN2S/c1-14-7-11-8-16-12(15-11)6-9-3-2-4-10(13)5-9/h2-5,8,14H,6-7H2,1H3. The van der Waals surface area contributed by atoms with Crippen LogP contribution in [0, 0.1) is 5.82 Å². The molecule has 0 amide bonds. The van der Waals surface area contributed by atoms with Crippen molar-refractivity contribution in [1.29, 1.82) is 0 Å². The number of thiazole rings is 1. The number of hydrogen-bond donors (Lipinski definition) is 1. The second kappa shape index (κ2) is 5.18. The van der Waals surface area contributed by atoms with Gasteiger partial charge in [-0.3, -0.25) is 0 Å². The maximum absolute atomic E-state index is 13.0. The van der Waals surface area contributed by atoms with Crippen LogP contribution < -0.4 is 5.32 Å². The van der Waals surface area contributed by atoms with Crippen LogP contribution in [0.15, 0.2) is 29.6 Å². The molecule has 0 saturated carbocycles. The Morgan fingerprint density at radius 1 is 1.44 bits per heavy atom. The van der Waals surface area contributed by atoms with Crippen molar-refractivity contribution in [3.8, 4) is 0 Å². The summed E-state index contributed by atoms with van der Waals surface area (Å²) < 4.78 is 13.0. The predicted molar refractivity (Wildman–Crippen MR) is 64.1 cm³/mol. The highest BCUT2D eigenvalue weighted by molar-refractivity contribution is 7.09. The summed E-state index contributed by atoms with van der Waals surface area (Å²) in [6.07, 6.45) is 0.701. The predicted octanol–water partition coefficient (Wildman–Crippen LogP) is 2.59. The van der Waals surface area contributed by atoms with E-state index in [1.165, 1.54) is 6.07 Å². The Morgan fingerprint density at radius 2 is 2.31 bits per heavy atom. The first kappa shape index (κ1) is 11.2. The lowest BCUT2D eigenvalue weighted by Crippen LogP contribution is -2.05. The molecule has 2 aromatic rings. The lowest BCUT2D eigenvalue weighted by Gasteiger charge is -1.97. The normalized spacial score (nSPS) is 10.6. The summed E-state index contributed by atoms with van der Waals surface area (Å²) in [4.78, 5) is 4.46. The Balaban J connectivity index is 2.08. The third-order valence-electron chi connectivity index (χ3n) is 2.20. The second-order valence-corrected chi connectivity index (χ2v) is 4.51. The molecule has 0 atom stereocenters. The molecule has 2 nitrogen and oxygen atoms in total. The maximum Gasteiger partial charge on any atom is 0.123 e. The van der Waals surface area contributed by atoms with E-state index in [2.05, 4.69) is 10.3 Å². The van der Waals surface area contributed by atoms with Gasteiger partial charge in [0.15, 0.2) is 0 Å². The number of halogens is 1. The first-order valence-corrected chi connectivity index (χ1v) is 5.98. The van der Waals surface area contributed by atoms with Crippen LogP contribution in [0.4, 0.5) is 4.39 Å². The minimum absolute atomic E-state index is 0.190. The average Bonchev–Trinajstić information content (AvgIpc) is 2.66. The van der Waals surface area contributed by atoms with Crippen molar-refractivity contribution in [3.63, 3.8) is 0 Å². The van der Waals surface area contributed by atoms with Crippen LogP contribution in [0.2, 0.25) is 0 Å². The zero-order chi connectivity index (χ0) is 11.4. The van der Waals surface area contributed by atoms with Crippen molar-refractivity contribution >= 4 is 11.3 Å². The molecule has 4 heteroatoms. The summed E-state index contributed by atoms with van der Waals surface area (Å²) in [5, 5.41) is 6.11. The minimum Gasteiger partial charge on any atom is -0.314 e. The average molecular weight is 236 g/mol. The monoisotopic (exact) mass is 236 g/mol. The Kier molecular flexibility index (Phi) is 3.64. The van der Waals surface area contributed by atoms with E-state index < -0.39 is 0 Å². The number of hydrogen-bond acceptors (Lipinski definition) is 3. The Bertz CT molecular complexity index is 468. The van der Waals surface area contributed by atoms with Crippen LogP contribution in [0.5, 0.6) is 0 Å². The molecule has 1 N–H and O–H groups in total. The van der Waals surface area contributed by atoms with Crippen LogP contribution in [0.1, 0.15) is 16.3 Å². The van der Waals surface area contributed by atoms with Gasteiger partial charge in [-0.2, -0.15) is 0 Å². The van der Waals surface area contributed by atoms with Gasteiger partial charge in [0.05, 0.1) is 10.7 Å². The Hall–Kier alpha value is -1.26. The molecule has 0 saturated heterocycles. The van der Waals surface area contributed by atoms with E-state index in [0.717, 1.165) is 22.8 Å². The lowest BCUT2D eigenvalue weighted by atomic mass is 10.1. The number of nitrogens with one attached hydrogen (secondary N) is 1. The molecule has 0 radical (unpaired) electrons. The molecule has 84 valence electrons. The molecular weight excluding hydrogens is 223 g/mol. The summed E-state index contributed by atoms with van der Waals surface area (Å²) in [7, 11) is 1.89. The van der Waals surface area contributed by atoms with Gasteiger partial charge >= 0.3 is 0 Å². The summed E-state index contributed by atoms with van der Waals surface area (Å²) in [6, 6.07) is 6.66. The molecule has 0 spiro atoms. The van der Waals surface area contributed by atoms with E-state index in [1.807, 2.05) is 18.5 Å². The van der Waals surface area contributed by atoms with E-state index in [9.17, 15) is 4.39 Å². The van der Waals surface area contributed by atoms with Gasteiger partial charge in [-0.05, 0) is 24.7 Å². The summed E-state index contributed by atoms with van der Waals surface area (Å²) in [5.41, 5.74) is 2.00. The van der Waals surface area contributed by atoms with Gasteiger partial charge in [-0.1, -0.05) is 12.1 Å². The molecule has 0 bridgehead atoms. The Labute approximate surface area is 98.2 Å². The number of benzene rings is 1. The number of nitrogens with zero attached hydrogens (tertiary/aromatic N) is 1. The van der Waals surface area contributed by atoms with Crippen molar-refractivity contribution in [1.82, 2.24) is 10.3 Å². The van der Waals surface area contributed by atoms with Crippen LogP contribution >= 0.6 is 11.3 Å². The minimum atomic E-state index is -0.190. The summed E-state index contributed by atoms with van der Waals surface area (Å²) >= 11 is 1.62. The fraction of sp³-hybridized carbons (Fsp3) is 0.250. The number of aromatic nitrogens is 1. The highest BCUT2D eigenvalue weighted by Crippen LogP contribution is 2.15. The molecule has 1 aromatic heterocycles. The lowest BCUT2D eigenvalue weighted by molar-refractivity contribution is 0.626. The van der Waals surface area contributed by atoms with Gasteiger partial charge in [0.1, 0.15) is 5.82 Å². The molecule has 1 heterocycles. The topological polar surface area (TPSA) is 24.9 Å². The van der Waals surface area contributed by atoms with Crippen LogP contribution in [-0.4, -0.2) is 12.0 Å². The summed E-state index contributed by atoms with van der Waals surface area (Å²) in [5.74, 6) is -0.190. The molecule has 2 rings (SSSR count). The van der Waals surface area contributed by atoms with E-state index in [-0.39, 0.29) is 5.82 Å². The van der Waals surface area contributed by atoms with Crippen molar-refractivity contribution < 1.29 is 4.39 Å². The van der Waals surface area contributed by atoms with Gasteiger partial charge in [0.25, 0.3) is 0 Å². The van der Waals surface area contributed by atoms with Crippen molar-refractivity contribution in [2.75, 3.05) is 7.05 Å². The van der Waals surface area contributed by atoms with E-state index in [4.69, 9.17) is 0 Å². The number of rotatable bonds is 4. The molecule has 16 heavy (non-hydrogen) atoms. The van der Waals surface area contributed by atoms with E-state index in [1.54, 1.807) is 23.5 Å². The molecule has 0 aliphatic carbocycles. The van der Waals surface area contributed by atoms with E-state index in [0.29, 0.717) is 6.42 Å². The first-order valence-electron chi connectivity index (χ1n) is 5.10. The second-order valence-electron chi connectivity index (χ2n) is 3.57. The van der Waals surface area contributed by atoms with Crippen molar-refractivity contribution in [2.24, 2.45) is 0 Å². The first-order chi connectivity index (χ1) is 7.78. The van der Waals surface area contributed by atoms with Crippen molar-refractivity contribution in [2.45, 2.75) is 13.0 Å². The van der Waals surface area contributed by atoms with E-state index >= 15 is 0 Å². The zero-order valence-corrected chi connectivity index (χ0v) is 9.85. The molecule has 0 aliphatic heterocycles. The fourth-order valence-corrected chi connectivity index (χ4v) is 2.34. The smallest absolute Gasteiger partial charge is 0.123 e. The summed E-state index contributed by atoms with van der Waals surface area (Å²) in [6.45, 7) is 0.777. The molecule has 1 aromatic carbocycles. The quantitative estimate of drug-likeness (QED) is 0.882. The van der Waals surface area contributed by atoms with Crippen LogP contribution in [0.3, 0.4) is 0 Å². The maximum atomic E-state index is 13.0. The van der Waals surface area contributed by atoms with Gasteiger partial charge in [-0.15, -0.1) is 11.3 Å². The van der Waals surface area contributed by atoms with Gasteiger partial charge in [0.2, 0.25) is 0 Å². The third-order valence-corrected chi connectivity index (χ3v) is 3.10. The zero-order valence-electron chi connectivity index (χ0n) is 9.03. The highest BCUT2D eigenvalue weighted by atomic mass is 32.1. The largest absolute Gasteiger partial charge is 0.314 e.